The number of amides is 1. The molecule has 0 aromatic carbocycles. The number of aromatic nitrogens is 2. The molecule has 1 amide bonds. The van der Waals surface area contributed by atoms with Gasteiger partial charge in [-0.1, -0.05) is 0 Å². The minimum Gasteiger partial charge on any atom is -0.267 e. The third-order valence-corrected chi connectivity index (χ3v) is 2.14. The highest BCUT2D eigenvalue weighted by Crippen LogP contribution is 2.00. The number of pyridine rings is 2. The van der Waals surface area contributed by atoms with Gasteiger partial charge in [0.1, 0.15) is 0 Å². The molecule has 0 saturated heterocycles. The zero-order chi connectivity index (χ0) is 9.54. The molecule has 0 N–H and O–H groups in total. The molecule has 66 valence electrons. The monoisotopic (exact) mass is 183 g/mol. The Bertz CT molecular complexity index is 661. The lowest BCUT2D eigenvalue weighted by Crippen LogP contribution is -2.23. The summed E-state index contributed by atoms with van der Waals surface area (Å²) in [6.45, 7) is 0. The van der Waals surface area contributed by atoms with E-state index in [0.29, 0.717) is 11.0 Å². The number of carbonyl (C=O) groups is 1. The molecule has 3 rings (SSSR count). The van der Waals surface area contributed by atoms with Gasteiger partial charge in [-0.15, -0.1) is 0 Å². The fourth-order valence-electron chi connectivity index (χ4n) is 1.54. The van der Waals surface area contributed by atoms with Crippen molar-refractivity contribution >= 4 is 23.0 Å². The van der Waals surface area contributed by atoms with Crippen molar-refractivity contribution in [3.63, 3.8) is 0 Å². The zero-order valence-electron chi connectivity index (χ0n) is 7.14. The highest BCUT2D eigenvalue weighted by molar-refractivity contribution is 6.07. The van der Waals surface area contributed by atoms with E-state index in [9.17, 15) is 4.79 Å². The van der Waals surface area contributed by atoms with Crippen molar-refractivity contribution in [2.45, 2.75) is 0 Å². The van der Waals surface area contributed by atoms with Gasteiger partial charge >= 0.3 is 0 Å². The van der Waals surface area contributed by atoms with Gasteiger partial charge in [0.05, 0.1) is 5.36 Å². The Labute approximate surface area is 78.6 Å². The Morgan fingerprint density at radius 2 is 2.14 bits per heavy atom. The third-order valence-electron chi connectivity index (χ3n) is 2.14. The molecule has 0 radical (unpaired) electrons. The van der Waals surface area contributed by atoms with E-state index in [1.807, 2.05) is 12.1 Å². The number of hydrogen-bond donors (Lipinski definition) is 0. The summed E-state index contributed by atoms with van der Waals surface area (Å²) in [5, 5.41) is 2.29. The summed E-state index contributed by atoms with van der Waals surface area (Å²) in [4.78, 5) is 23.2. The van der Waals surface area contributed by atoms with E-state index in [1.165, 1.54) is 6.08 Å². The van der Waals surface area contributed by atoms with Gasteiger partial charge in [-0.05, 0) is 12.1 Å². The molecule has 0 atom stereocenters. The number of hydrogen-bond acceptors (Lipinski definition) is 3. The standard InChI is InChI=1S/C10H5N3O/c14-8-4-6-5-12-10-7(9(6)13-8)2-1-3-11-10/h1-5H. The maximum atomic E-state index is 11.1. The van der Waals surface area contributed by atoms with Crippen LogP contribution in [0.5, 0.6) is 0 Å². The van der Waals surface area contributed by atoms with E-state index in [4.69, 9.17) is 0 Å². The van der Waals surface area contributed by atoms with Crippen molar-refractivity contribution in [2.75, 3.05) is 0 Å². The summed E-state index contributed by atoms with van der Waals surface area (Å²) in [7, 11) is 0. The van der Waals surface area contributed by atoms with Crippen molar-refractivity contribution in [2.24, 2.45) is 4.99 Å². The fraction of sp³-hybridized carbons (Fsp3) is 0. The first-order chi connectivity index (χ1) is 6.84. The van der Waals surface area contributed by atoms with E-state index < -0.39 is 0 Å². The molecule has 0 spiro atoms. The van der Waals surface area contributed by atoms with Crippen LogP contribution < -0.4 is 10.6 Å². The van der Waals surface area contributed by atoms with Crippen molar-refractivity contribution in [3.8, 4) is 0 Å². The van der Waals surface area contributed by atoms with Gasteiger partial charge < -0.3 is 0 Å². The second-order valence-corrected chi connectivity index (χ2v) is 3.03. The van der Waals surface area contributed by atoms with Crippen molar-refractivity contribution in [3.05, 3.63) is 35.1 Å². The molecular formula is C10H5N3O. The van der Waals surface area contributed by atoms with Crippen LogP contribution >= 0.6 is 0 Å². The van der Waals surface area contributed by atoms with Gasteiger partial charge in [0, 0.05) is 29.1 Å². The largest absolute Gasteiger partial charge is 0.271 e. The Kier molecular flexibility index (Phi) is 1.28. The van der Waals surface area contributed by atoms with E-state index >= 15 is 0 Å². The minimum absolute atomic E-state index is 0.224. The molecule has 0 aliphatic carbocycles. The Morgan fingerprint density at radius 3 is 3.07 bits per heavy atom. The van der Waals surface area contributed by atoms with Crippen LogP contribution in [-0.4, -0.2) is 15.9 Å². The molecular weight excluding hydrogens is 178 g/mol. The molecule has 0 saturated carbocycles. The van der Waals surface area contributed by atoms with Crippen molar-refractivity contribution in [1.82, 2.24) is 9.97 Å². The molecule has 0 unspecified atom stereocenters. The lowest BCUT2D eigenvalue weighted by Gasteiger charge is -1.92. The first-order valence-corrected chi connectivity index (χ1v) is 4.19. The quantitative estimate of drug-likeness (QED) is 0.557. The number of nitrogens with zero attached hydrogens (tertiary/aromatic N) is 3. The molecule has 2 aromatic heterocycles. The molecule has 3 heterocycles. The predicted molar refractivity (Wildman–Crippen MR) is 49.8 cm³/mol. The second kappa shape index (κ2) is 2.45. The molecule has 0 bridgehead atoms. The number of rotatable bonds is 0. The first kappa shape index (κ1) is 7.32. The summed E-state index contributed by atoms with van der Waals surface area (Å²) in [5.41, 5.74) is 0.623. The summed E-state index contributed by atoms with van der Waals surface area (Å²) in [5.74, 6) is -0.224. The first-order valence-electron chi connectivity index (χ1n) is 4.19. The summed E-state index contributed by atoms with van der Waals surface area (Å²) < 4.78 is 0. The van der Waals surface area contributed by atoms with Gasteiger partial charge in [0.25, 0.3) is 5.91 Å². The average Bonchev–Trinajstić information content (AvgIpc) is 2.59. The van der Waals surface area contributed by atoms with Gasteiger partial charge in [0.15, 0.2) is 5.65 Å². The molecule has 0 fully saturated rings. The highest BCUT2D eigenvalue weighted by atomic mass is 16.1. The SMILES string of the molecule is O=C1C=c2cnc3ncccc3c2=N1. The fourth-order valence-corrected chi connectivity index (χ4v) is 1.54. The second-order valence-electron chi connectivity index (χ2n) is 3.03. The van der Waals surface area contributed by atoms with Crippen LogP contribution in [0.3, 0.4) is 0 Å². The summed E-state index contributed by atoms with van der Waals surface area (Å²) in [6, 6.07) is 3.67. The van der Waals surface area contributed by atoms with E-state index in [2.05, 4.69) is 15.0 Å². The highest BCUT2D eigenvalue weighted by Gasteiger charge is 2.07. The summed E-state index contributed by atoms with van der Waals surface area (Å²) in [6.07, 6.45) is 4.77. The maximum absolute atomic E-state index is 11.1. The average molecular weight is 183 g/mol. The van der Waals surface area contributed by atoms with Crippen LogP contribution in [0.1, 0.15) is 0 Å². The van der Waals surface area contributed by atoms with Crippen LogP contribution in [0.25, 0.3) is 17.1 Å². The molecule has 1 aliphatic heterocycles. The van der Waals surface area contributed by atoms with Crippen LogP contribution in [0, 0.1) is 0 Å². The Hall–Kier alpha value is -2.10. The van der Waals surface area contributed by atoms with E-state index in [-0.39, 0.29) is 5.91 Å². The van der Waals surface area contributed by atoms with Crippen LogP contribution in [0.2, 0.25) is 0 Å². The van der Waals surface area contributed by atoms with Gasteiger partial charge in [0.2, 0.25) is 0 Å². The normalized spacial score (nSPS) is 13.6. The maximum Gasteiger partial charge on any atom is 0.271 e. The molecule has 4 nitrogen and oxygen atoms in total. The van der Waals surface area contributed by atoms with Gasteiger partial charge in [-0.2, -0.15) is 0 Å². The molecule has 14 heavy (non-hydrogen) atoms. The van der Waals surface area contributed by atoms with Gasteiger partial charge in [-0.3, -0.25) is 4.79 Å². The third kappa shape index (κ3) is 0.877. The van der Waals surface area contributed by atoms with Crippen LogP contribution in [0.15, 0.2) is 29.5 Å². The number of fused-ring (bicyclic) bond motifs is 3. The molecule has 2 aromatic rings. The smallest absolute Gasteiger partial charge is 0.267 e. The van der Waals surface area contributed by atoms with Crippen molar-refractivity contribution < 1.29 is 4.79 Å². The summed E-state index contributed by atoms with van der Waals surface area (Å²) >= 11 is 0. The molecule has 1 aliphatic rings. The topological polar surface area (TPSA) is 55.2 Å². The van der Waals surface area contributed by atoms with Crippen LogP contribution in [-0.2, 0) is 4.79 Å². The van der Waals surface area contributed by atoms with Crippen LogP contribution in [0.4, 0.5) is 0 Å². The van der Waals surface area contributed by atoms with Crippen molar-refractivity contribution in [1.29, 1.82) is 0 Å². The Morgan fingerprint density at radius 1 is 1.21 bits per heavy atom. The Balaban J connectivity index is 2.65. The van der Waals surface area contributed by atoms with E-state index in [0.717, 1.165) is 10.6 Å². The predicted octanol–water partition coefficient (Wildman–Crippen LogP) is -0.430. The lowest BCUT2D eigenvalue weighted by atomic mass is 10.2. The van der Waals surface area contributed by atoms with E-state index in [1.54, 1.807) is 12.4 Å². The van der Waals surface area contributed by atoms with Gasteiger partial charge in [-0.25, -0.2) is 15.0 Å². The zero-order valence-corrected chi connectivity index (χ0v) is 7.14. The molecule has 4 heteroatoms. The number of carbonyl (C=O) groups excluding carboxylic acids is 1. The lowest BCUT2D eigenvalue weighted by molar-refractivity contribution is -0.112. The minimum atomic E-state index is -0.224.